The Bertz CT molecular complexity index is 1190. The van der Waals surface area contributed by atoms with E-state index in [-0.39, 0.29) is 11.9 Å². The summed E-state index contributed by atoms with van der Waals surface area (Å²) in [5.74, 6) is 1.65. The van der Waals surface area contributed by atoms with E-state index in [0.29, 0.717) is 18.6 Å². The zero-order valence-corrected chi connectivity index (χ0v) is 23.1. The number of nitrogens with zero attached hydrogens (tertiary/aromatic N) is 3. The van der Waals surface area contributed by atoms with Crippen LogP contribution in [0.4, 0.5) is 0 Å². The summed E-state index contributed by atoms with van der Waals surface area (Å²) >= 11 is 1.88. The van der Waals surface area contributed by atoms with Gasteiger partial charge in [-0.1, -0.05) is 36.8 Å². The monoisotopic (exact) mass is 533 g/mol. The second kappa shape index (κ2) is 11.7. The molecule has 202 valence electrons. The first-order valence-electron chi connectivity index (χ1n) is 14.0. The number of hydrazine groups is 1. The van der Waals surface area contributed by atoms with Gasteiger partial charge in [-0.05, 0) is 55.1 Å². The van der Waals surface area contributed by atoms with Gasteiger partial charge in [-0.25, -0.2) is 5.43 Å². The first-order valence-corrected chi connectivity index (χ1v) is 14.8. The minimum absolute atomic E-state index is 0.0454. The Balaban J connectivity index is 0.901. The highest BCUT2D eigenvalue weighted by Crippen LogP contribution is 2.32. The molecule has 8 heteroatoms. The van der Waals surface area contributed by atoms with Gasteiger partial charge in [0, 0.05) is 67.4 Å². The van der Waals surface area contributed by atoms with Crippen LogP contribution in [0.1, 0.15) is 29.7 Å². The van der Waals surface area contributed by atoms with Crippen LogP contribution in [0.15, 0.2) is 54.6 Å². The largest absolute Gasteiger partial charge is 0.492 e. The summed E-state index contributed by atoms with van der Waals surface area (Å²) in [5.41, 5.74) is 7.90. The van der Waals surface area contributed by atoms with Gasteiger partial charge in [0.1, 0.15) is 18.4 Å². The normalized spacial score (nSPS) is 23.8. The SMILES string of the molecule is CN(Cc1ccc(OCCN2CCN(C(=O)C3NNC4CCCC43)CC2)cc1)Cc1cc2ccccc2s1. The molecule has 38 heavy (non-hydrogen) atoms. The van der Waals surface area contributed by atoms with Crippen LogP contribution in [0.5, 0.6) is 5.75 Å². The Hall–Kier alpha value is -2.49. The highest BCUT2D eigenvalue weighted by molar-refractivity contribution is 7.19. The molecule has 2 aromatic carbocycles. The lowest BCUT2D eigenvalue weighted by atomic mass is 9.96. The molecule has 1 amide bonds. The van der Waals surface area contributed by atoms with E-state index in [1.54, 1.807) is 0 Å². The maximum absolute atomic E-state index is 13.0. The van der Waals surface area contributed by atoms with E-state index in [1.807, 2.05) is 16.2 Å². The van der Waals surface area contributed by atoms with Crippen LogP contribution < -0.4 is 15.6 Å². The highest BCUT2D eigenvalue weighted by atomic mass is 32.1. The molecule has 2 saturated heterocycles. The summed E-state index contributed by atoms with van der Waals surface area (Å²) in [6.07, 6.45) is 3.57. The van der Waals surface area contributed by atoms with E-state index in [0.717, 1.165) is 58.0 Å². The summed E-state index contributed by atoms with van der Waals surface area (Å²) in [7, 11) is 2.18. The van der Waals surface area contributed by atoms with E-state index >= 15 is 0 Å². The Labute approximate surface area is 229 Å². The van der Waals surface area contributed by atoms with Crippen LogP contribution in [0.25, 0.3) is 10.1 Å². The lowest BCUT2D eigenvalue weighted by Gasteiger charge is -2.36. The topological polar surface area (TPSA) is 60.1 Å². The fraction of sp³-hybridized carbons (Fsp3) is 0.500. The van der Waals surface area contributed by atoms with Crippen molar-refractivity contribution >= 4 is 27.3 Å². The highest BCUT2D eigenvalue weighted by Gasteiger charge is 2.44. The van der Waals surface area contributed by atoms with Crippen LogP contribution in [-0.2, 0) is 17.9 Å². The third kappa shape index (κ3) is 5.90. The molecule has 0 bridgehead atoms. The minimum atomic E-state index is -0.0454. The van der Waals surface area contributed by atoms with Crippen LogP contribution in [0, 0.1) is 5.92 Å². The predicted octanol–water partition coefficient (Wildman–Crippen LogP) is 3.70. The standard InChI is InChI=1S/C30H39N5O2S/c1-33(21-25-19-23-5-2-3-8-28(23)38-25)20-22-9-11-24(12-10-22)37-18-17-34-13-15-35(16-14-34)30(36)29-26-6-4-7-27(26)31-32-29/h2-3,5,8-12,19,26-27,29,31-32H,4,6-7,13-18,20-21H2,1H3. The number of fused-ring (bicyclic) bond motifs is 2. The van der Waals surface area contributed by atoms with Crippen LogP contribution in [0.2, 0.25) is 0 Å². The summed E-state index contributed by atoms with van der Waals surface area (Å²) < 4.78 is 7.40. The second-order valence-corrected chi connectivity index (χ2v) is 12.2. The first kappa shape index (κ1) is 25.8. The van der Waals surface area contributed by atoms with E-state index in [9.17, 15) is 4.79 Å². The number of piperazine rings is 1. The summed E-state index contributed by atoms with van der Waals surface area (Å²) in [6.45, 7) is 6.84. The number of carbonyl (C=O) groups is 1. The molecule has 3 unspecified atom stereocenters. The molecule has 3 aromatic rings. The van der Waals surface area contributed by atoms with Crippen LogP contribution in [-0.4, -0.2) is 79.1 Å². The number of thiophene rings is 1. The van der Waals surface area contributed by atoms with Gasteiger partial charge in [0.15, 0.2) is 0 Å². The molecule has 1 aromatic heterocycles. The van der Waals surface area contributed by atoms with Crippen molar-refractivity contribution in [1.82, 2.24) is 25.6 Å². The molecule has 7 nitrogen and oxygen atoms in total. The number of amides is 1. The molecular formula is C30H39N5O2S. The smallest absolute Gasteiger partial charge is 0.241 e. The number of benzene rings is 2. The molecule has 3 atom stereocenters. The Morgan fingerprint density at radius 3 is 2.66 bits per heavy atom. The Morgan fingerprint density at radius 1 is 1.03 bits per heavy atom. The van der Waals surface area contributed by atoms with Crippen LogP contribution >= 0.6 is 11.3 Å². The van der Waals surface area contributed by atoms with Gasteiger partial charge in [-0.15, -0.1) is 11.3 Å². The third-order valence-corrected chi connectivity index (χ3v) is 9.43. The van der Waals surface area contributed by atoms with Crippen molar-refractivity contribution in [2.45, 2.75) is 44.4 Å². The van der Waals surface area contributed by atoms with Gasteiger partial charge in [-0.2, -0.15) is 0 Å². The predicted molar refractivity (Wildman–Crippen MR) is 153 cm³/mol. The summed E-state index contributed by atoms with van der Waals surface area (Å²) in [5, 5.41) is 1.33. The number of carbonyl (C=O) groups excluding carboxylic acids is 1. The van der Waals surface area contributed by atoms with Crippen molar-refractivity contribution in [3.05, 3.63) is 65.0 Å². The van der Waals surface area contributed by atoms with Gasteiger partial charge in [-0.3, -0.25) is 20.0 Å². The molecule has 6 rings (SSSR count). The molecule has 3 heterocycles. The van der Waals surface area contributed by atoms with Crippen molar-refractivity contribution < 1.29 is 9.53 Å². The molecular weight excluding hydrogens is 494 g/mol. The maximum atomic E-state index is 13.0. The molecule has 2 N–H and O–H groups in total. The van der Waals surface area contributed by atoms with Crippen LogP contribution in [0.3, 0.4) is 0 Å². The molecule has 3 aliphatic rings. The minimum Gasteiger partial charge on any atom is -0.492 e. The van der Waals surface area contributed by atoms with Crippen molar-refractivity contribution in [2.75, 3.05) is 46.4 Å². The number of ether oxygens (including phenoxy) is 1. The van der Waals surface area contributed by atoms with Gasteiger partial charge in [0.05, 0.1) is 0 Å². The van der Waals surface area contributed by atoms with Crippen molar-refractivity contribution in [2.24, 2.45) is 5.92 Å². The molecule has 1 aliphatic carbocycles. The lowest BCUT2D eigenvalue weighted by molar-refractivity contribution is -0.136. The number of nitrogens with one attached hydrogen (secondary N) is 2. The van der Waals surface area contributed by atoms with Crippen molar-refractivity contribution in [3.63, 3.8) is 0 Å². The molecule has 3 fully saturated rings. The molecule has 0 spiro atoms. The summed E-state index contributed by atoms with van der Waals surface area (Å²) in [4.78, 5) is 21.3. The maximum Gasteiger partial charge on any atom is 0.241 e. The quantitative estimate of drug-likeness (QED) is 0.438. The lowest BCUT2D eigenvalue weighted by Crippen LogP contribution is -2.55. The van der Waals surface area contributed by atoms with E-state index in [1.165, 1.54) is 33.4 Å². The summed E-state index contributed by atoms with van der Waals surface area (Å²) in [6, 6.07) is 19.8. The average molecular weight is 534 g/mol. The average Bonchev–Trinajstić information content (AvgIpc) is 3.65. The van der Waals surface area contributed by atoms with Crippen molar-refractivity contribution in [1.29, 1.82) is 0 Å². The zero-order valence-electron chi connectivity index (χ0n) is 22.3. The zero-order chi connectivity index (χ0) is 25.9. The number of hydrogen-bond donors (Lipinski definition) is 2. The Morgan fingerprint density at radius 2 is 1.84 bits per heavy atom. The van der Waals surface area contributed by atoms with Crippen molar-refractivity contribution in [3.8, 4) is 5.75 Å². The fourth-order valence-corrected chi connectivity index (χ4v) is 7.38. The number of hydrogen-bond acceptors (Lipinski definition) is 7. The molecule has 2 aliphatic heterocycles. The molecule has 1 saturated carbocycles. The van der Waals surface area contributed by atoms with Gasteiger partial charge >= 0.3 is 0 Å². The Kier molecular flexibility index (Phi) is 7.95. The fourth-order valence-electron chi connectivity index (χ4n) is 6.24. The molecule has 0 radical (unpaired) electrons. The van der Waals surface area contributed by atoms with E-state index in [2.05, 4.69) is 82.3 Å². The van der Waals surface area contributed by atoms with E-state index < -0.39 is 0 Å². The second-order valence-electron chi connectivity index (χ2n) is 11.0. The first-order chi connectivity index (χ1) is 18.6. The van der Waals surface area contributed by atoms with Gasteiger partial charge < -0.3 is 9.64 Å². The van der Waals surface area contributed by atoms with Gasteiger partial charge in [0.25, 0.3) is 0 Å². The number of rotatable bonds is 9. The van der Waals surface area contributed by atoms with E-state index in [4.69, 9.17) is 4.74 Å². The third-order valence-electron chi connectivity index (χ3n) is 8.33. The van der Waals surface area contributed by atoms with Gasteiger partial charge in [0.2, 0.25) is 5.91 Å².